The standard InChI is InChI=1S/C13H16BrNO/c1-2-12(10-6-4-3-5-7-10)15-9-11(14)8-13(15)16/h3-7,11-12H,2,8-9H2,1H3. The summed E-state index contributed by atoms with van der Waals surface area (Å²) in [6, 6.07) is 10.5. The largest absolute Gasteiger partial charge is 0.334 e. The molecule has 3 heteroatoms. The van der Waals surface area contributed by atoms with E-state index in [2.05, 4.69) is 35.0 Å². The molecule has 1 aromatic carbocycles. The van der Waals surface area contributed by atoms with Crippen LogP contribution in [-0.2, 0) is 4.79 Å². The van der Waals surface area contributed by atoms with Crippen LogP contribution in [0.1, 0.15) is 31.4 Å². The number of hydrogen-bond donors (Lipinski definition) is 0. The predicted molar refractivity (Wildman–Crippen MR) is 68.5 cm³/mol. The number of carbonyl (C=O) groups excluding carboxylic acids is 1. The van der Waals surface area contributed by atoms with E-state index in [0.717, 1.165) is 13.0 Å². The molecule has 2 unspecified atom stereocenters. The first-order valence-corrected chi connectivity index (χ1v) is 6.62. The Hall–Kier alpha value is -0.830. The lowest BCUT2D eigenvalue weighted by atomic mass is 10.0. The highest BCUT2D eigenvalue weighted by Gasteiger charge is 2.32. The SMILES string of the molecule is CCC(c1ccccc1)N1CC(Br)CC1=O. The average molecular weight is 282 g/mol. The van der Waals surface area contributed by atoms with Crippen molar-refractivity contribution >= 4 is 21.8 Å². The van der Waals surface area contributed by atoms with Gasteiger partial charge in [-0.1, -0.05) is 53.2 Å². The maximum absolute atomic E-state index is 11.9. The van der Waals surface area contributed by atoms with Crippen LogP contribution in [0.25, 0.3) is 0 Å². The molecule has 1 fully saturated rings. The number of carbonyl (C=O) groups is 1. The highest BCUT2D eigenvalue weighted by Crippen LogP contribution is 2.30. The van der Waals surface area contributed by atoms with E-state index in [-0.39, 0.29) is 11.9 Å². The first-order valence-electron chi connectivity index (χ1n) is 5.71. The molecule has 0 saturated carbocycles. The van der Waals surface area contributed by atoms with Gasteiger partial charge in [0.2, 0.25) is 5.91 Å². The van der Waals surface area contributed by atoms with E-state index in [0.29, 0.717) is 11.2 Å². The number of amides is 1. The van der Waals surface area contributed by atoms with E-state index in [9.17, 15) is 4.79 Å². The third-order valence-corrected chi connectivity index (χ3v) is 3.67. The second kappa shape index (κ2) is 5.00. The molecule has 1 aliphatic heterocycles. The van der Waals surface area contributed by atoms with Gasteiger partial charge in [0.15, 0.2) is 0 Å². The summed E-state index contributed by atoms with van der Waals surface area (Å²) in [5.74, 6) is 0.262. The molecule has 2 rings (SSSR count). The second-order valence-corrected chi connectivity index (χ2v) is 5.48. The summed E-state index contributed by atoms with van der Waals surface area (Å²) in [6.07, 6.45) is 1.60. The van der Waals surface area contributed by atoms with Gasteiger partial charge in [-0.25, -0.2) is 0 Å². The predicted octanol–water partition coefficient (Wildman–Crippen LogP) is 3.13. The molecule has 2 nitrogen and oxygen atoms in total. The minimum Gasteiger partial charge on any atom is -0.334 e. The molecule has 1 saturated heterocycles. The van der Waals surface area contributed by atoms with Gasteiger partial charge in [-0.2, -0.15) is 0 Å². The zero-order valence-corrected chi connectivity index (χ0v) is 11.0. The molecule has 0 bridgehead atoms. The monoisotopic (exact) mass is 281 g/mol. The van der Waals surface area contributed by atoms with Crippen molar-refractivity contribution < 1.29 is 4.79 Å². The van der Waals surface area contributed by atoms with E-state index in [1.54, 1.807) is 0 Å². The maximum atomic E-state index is 11.9. The van der Waals surface area contributed by atoms with Crippen LogP contribution in [0.2, 0.25) is 0 Å². The molecule has 1 heterocycles. The first-order chi connectivity index (χ1) is 7.72. The summed E-state index contributed by atoms with van der Waals surface area (Å²) in [5, 5.41) is 0. The number of halogens is 1. The van der Waals surface area contributed by atoms with Gasteiger partial charge >= 0.3 is 0 Å². The molecular weight excluding hydrogens is 266 g/mol. The molecule has 16 heavy (non-hydrogen) atoms. The average Bonchev–Trinajstić information content (AvgIpc) is 2.61. The minimum absolute atomic E-state index is 0.233. The molecule has 86 valence electrons. The van der Waals surface area contributed by atoms with Crippen LogP contribution in [0.3, 0.4) is 0 Å². The number of hydrogen-bond acceptors (Lipinski definition) is 1. The van der Waals surface area contributed by atoms with Crippen molar-refractivity contribution in [2.75, 3.05) is 6.54 Å². The summed E-state index contributed by atoms with van der Waals surface area (Å²) in [6.45, 7) is 2.96. The Kier molecular flexibility index (Phi) is 3.64. The van der Waals surface area contributed by atoms with Crippen LogP contribution in [-0.4, -0.2) is 22.2 Å². The van der Waals surface area contributed by atoms with Crippen LogP contribution in [0, 0.1) is 0 Å². The molecule has 1 amide bonds. The van der Waals surface area contributed by atoms with Gasteiger partial charge in [-0.3, -0.25) is 4.79 Å². The van der Waals surface area contributed by atoms with E-state index >= 15 is 0 Å². The lowest BCUT2D eigenvalue weighted by Gasteiger charge is -2.27. The molecule has 0 aromatic heterocycles. The molecule has 0 spiro atoms. The van der Waals surface area contributed by atoms with E-state index < -0.39 is 0 Å². The highest BCUT2D eigenvalue weighted by molar-refractivity contribution is 9.09. The summed E-state index contributed by atoms with van der Waals surface area (Å²) in [4.78, 5) is 14.2. The van der Waals surface area contributed by atoms with Crippen LogP contribution in [0.15, 0.2) is 30.3 Å². The number of likely N-dealkylation sites (tertiary alicyclic amines) is 1. The lowest BCUT2D eigenvalue weighted by Crippen LogP contribution is -2.30. The van der Waals surface area contributed by atoms with E-state index in [4.69, 9.17) is 0 Å². The van der Waals surface area contributed by atoms with Crippen molar-refractivity contribution in [3.05, 3.63) is 35.9 Å². The third-order valence-electron chi connectivity index (χ3n) is 3.06. The van der Waals surface area contributed by atoms with Crippen molar-refractivity contribution in [2.24, 2.45) is 0 Å². The summed E-state index contributed by atoms with van der Waals surface area (Å²) >= 11 is 3.53. The zero-order chi connectivity index (χ0) is 11.5. The van der Waals surface area contributed by atoms with Gasteiger partial charge in [0.25, 0.3) is 0 Å². The van der Waals surface area contributed by atoms with Gasteiger partial charge in [0.05, 0.1) is 6.04 Å². The van der Waals surface area contributed by atoms with Crippen molar-refractivity contribution in [3.8, 4) is 0 Å². The molecule has 1 aliphatic rings. The molecule has 1 aromatic rings. The minimum atomic E-state index is 0.233. The fraction of sp³-hybridized carbons (Fsp3) is 0.462. The Labute approximate surface area is 105 Å². The van der Waals surface area contributed by atoms with Crippen LogP contribution >= 0.6 is 15.9 Å². The van der Waals surface area contributed by atoms with Gasteiger partial charge in [0, 0.05) is 17.8 Å². The van der Waals surface area contributed by atoms with Crippen molar-refractivity contribution in [3.63, 3.8) is 0 Å². The zero-order valence-electron chi connectivity index (χ0n) is 9.40. The smallest absolute Gasteiger partial charge is 0.224 e. The number of rotatable bonds is 3. The molecule has 0 aliphatic carbocycles. The van der Waals surface area contributed by atoms with Gasteiger partial charge in [0.1, 0.15) is 0 Å². The Balaban J connectivity index is 2.20. The normalized spacial score (nSPS) is 22.5. The van der Waals surface area contributed by atoms with Crippen LogP contribution in [0.4, 0.5) is 0 Å². The Morgan fingerprint density at radius 1 is 1.44 bits per heavy atom. The third kappa shape index (κ3) is 2.29. The van der Waals surface area contributed by atoms with Crippen LogP contribution < -0.4 is 0 Å². The van der Waals surface area contributed by atoms with Gasteiger partial charge < -0.3 is 4.90 Å². The molecule has 2 atom stereocenters. The Bertz CT molecular complexity index is 365. The number of benzene rings is 1. The van der Waals surface area contributed by atoms with Gasteiger partial charge in [-0.05, 0) is 12.0 Å². The maximum Gasteiger partial charge on any atom is 0.224 e. The molecule has 0 N–H and O–H groups in total. The van der Waals surface area contributed by atoms with Crippen LogP contribution in [0.5, 0.6) is 0 Å². The quantitative estimate of drug-likeness (QED) is 0.780. The summed E-state index contributed by atoms with van der Waals surface area (Å²) < 4.78 is 0. The van der Waals surface area contributed by atoms with Gasteiger partial charge in [-0.15, -0.1) is 0 Å². The van der Waals surface area contributed by atoms with Crippen molar-refractivity contribution in [1.82, 2.24) is 4.90 Å². The Morgan fingerprint density at radius 3 is 2.62 bits per heavy atom. The van der Waals surface area contributed by atoms with Crippen molar-refractivity contribution in [1.29, 1.82) is 0 Å². The van der Waals surface area contributed by atoms with E-state index in [1.165, 1.54) is 5.56 Å². The Morgan fingerprint density at radius 2 is 2.12 bits per heavy atom. The van der Waals surface area contributed by atoms with E-state index in [1.807, 2.05) is 23.1 Å². The van der Waals surface area contributed by atoms with Crippen molar-refractivity contribution in [2.45, 2.75) is 30.6 Å². The highest BCUT2D eigenvalue weighted by atomic mass is 79.9. The fourth-order valence-corrected chi connectivity index (χ4v) is 2.89. The molecule has 0 radical (unpaired) electrons. The topological polar surface area (TPSA) is 20.3 Å². The fourth-order valence-electron chi connectivity index (χ4n) is 2.30. The first kappa shape index (κ1) is 11.6. The number of alkyl halides is 1. The second-order valence-electron chi connectivity index (χ2n) is 4.18. The lowest BCUT2D eigenvalue weighted by molar-refractivity contribution is -0.129. The summed E-state index contributed by atoms with van der Waals surface area (Å²) in [7, 11) is 0. The summed E-state index contributed by atoms with van der Waals surface area (Å²) in [5.41, 5.74) is 1.24. The number of nitrogens with zero attached hydrogens (tertiary/aromatic N) is 1. The molecular formula is C13H16BrNO.